The maximum atomic E-state index is 13.8. The Bertz CT molecular complexity index is 1460. The van der Waals surface area contributed by atoms with E-state index in [1.807, 2.05) is 37.3 Å². The van der Waals surface area contributed by atoms with E-state index in [2.05, 4.69) is 4.98 Å². The molecule has 1 saturated heterocycles. The van der Waals surface area contributed by atoms with Gasteiger partial charge in [-0.3, -0.25) is 14.6 Å². The van der Waals surface area contributed by atoms with Gasteiger partial charge in [-0.1, -0.05) is 32.0 Å². The van der Waals surface area contributed by atoms with Crippen LogP contribution >= 0.6 is 0 Å². The van der Waals surface area contributed by atoms with Gasteiger partial charge in [0.15, 0.2) is 0 Å². The summed E-state index contributed by atoms with van der Waals surface area (Å²) in [5.74, 6) is -0.698. The number of likely N-dealkylation sites (tertiary alicyclic amines) is 1. The average molecular weight is 539 g/mol. The number of fused-ring (bicyclic) bond motifs is 1. The maximum absolute atomic E-state index is 13.8. The number of carbonyl (C=O) groups excluding carboxylic acids is 2. The van der Waals surface area contributed by atoms with E-state index in [0.29, 0.717) is 12.4 Å². The Morgan fingerprint density at radius 1 is 1.08 bits per heavy atom. The zero-order valence-electron chi connectivity index (χ0n) is 22.3. The minimum absolute atomic E-state index is 0.0121. The van der Waals surface area contributed by atoms with E-state index in [-0.39, 0.29) is 29.8 Å². The van der Waals surface area contributed by atoms with Crippen molar-refractivity contribution in [3.8, 4) is 5.75 Å². The second-order valence-electron chi connectivity index (χ2n) is 10.3. The van der Waals surface area contributed by atoms with Gasteiger partial charge >= 0.3 is 0 Å². The first-order valence-corrected chi connectivity index (χ1v) is 14.0. The lowest BCUT2D eigenvalue weighted by Crippen LogP contribution is -2.78. The Labute approximate surface area is 223 Å². The van der Waals surface area contributed by atoms with E-state index in [1.54, 1.807) is 39.8 Å². The molecule has 0 unspecified atom stereocenters. The highest BCUT2D eigenvalue weighted by Gasteiger charge is 2.59. The van der Waals surface area contributed by atoms with Crippen molar-refractivity contribution in [2.75, 3.05) is 13.1 Å². The number of hydrogen-bond donors (Lipinski definition) is 1. The van der Waals surface area contributed by atoms with Crippen LogP contribution in [-0.2, 0) is 26.2 Å². The molecule has 1 fully saturated rings. The summed E-state index contributed by atoms with van der Waals surface area (Å²) in [6, 6.07) is 15.3. The van der Waals surface area contributed by atoms with E-state index in [9.17, 15) is 18.0 Å². The van der Waals surface area contributed by atoms with Gasteiger partial charge in [-0.15, -0.1) is 0 Å². The van der Waals surface area contributed by atoms with Crippen molar-refractivity contribution >= 4 is 32.7 Å². The molecule has 1 aromatic heterocycles. The SMILES string of the molecule is Cc1cc(COc2ccc(S(=O)(=O)N(C(C)C)C3(C(N)=O)CN(C(=O)C(C)C)C3)cc2)c2ccccc2n1. The summed E-state index contributed by atoms with van der Waals surface area (Å²) in [6.45, 7) is 8.96. The lowest BCUT2D eigenvalue weighted by atomic mass is 9.87. The zero-order valence-corrected chi connectivity index (χ0v) is 23.2. The van der Waals surface area contributed by atoms with Gasteiger partial charge in [0.1, 0.15) is 17.9 Å². The summed E-state index contributed by atoms with van der Waals surface area (Å²) >= 11 is 0. The molecule has 0 saturated carbocycles. The monoisotopic (exact) mass is 538 g/mol. The average Bonchev–Trinajstić information content (AvgIpc) is 2.83. The van der Waals surface area contributed by atoms with E-state index in [1.165, 1.54) is 17.0 Å². The number of sulfonamides is 1. The second-order valence-corrected chi connectivity index (χ2v) is 12.2. The van der Waals surface area contributed by atoms with E-state index < -0.39 is 27.5 Å². The van der Waals surface area contributed by atoms with Crippen LogP contribution in [-0.4, -0.2) is 59.1 Å². The normalized spacial score (nSPS) is 15.2. The molecule has 1 aliphatic heterocycles. The number of rotatable bonds is 9. The number of aromatic nitrogens is 1. The first kappa shape index (κ1) is 27.5. The Morgan fingerprint density at radius 3 is 2.29 bits per heavy atom. The number of ether oxygens (including phenoxy) is 1. The molecule has 2 aromatic carbocycles. The summed E-state index contributed by atoms with van der Waals surface area (Å²) in [6.07, 6.45) is 0. The largest absolute Gasteiger partial charge is 0.489 e. The van der Waals surface area contributed by atoms with Gasteiger partial charge in [0.25, 0.3) is 0 Å². The quantitative estimate of drug-likeness (QED) is 0.446. The van der Waals surface area contributed by atoms with Crippen LogP contribution in [0.25, 0.3) is 10.9 Å². The van der Waals surface area contributed by atoms with Crippen LogP contribution in [0.3, 0.4) is 0 Å². The number of nitrogens with zero attached hydrogens (tertiary/aromatic N) is 3. The Morgan fingerprint density at radius 2 is 1.71 bits per heavy atom. The molecule has 0 atom stereocenters. The Kier molecular flexibility index (Phi) is 7.49. The fourth-order valence-electron chi connectivity index (χ4n) is 5.01. The van der Waals surface area contributed by atoms with Crippen LogP contribution in [0.15, 0.2) is 59.5 Å². The first-order valence-electron chi connectivity index (χ1n) is 12.6. The van der Waals surface area contributed by atoms with Gasteiger partial charge in [-0.25, -0.2) is 8.42 Å². The summed E-state index contributed by atoms with van der Waals surface area (Å²) in [4.78, 5) is 31.1. The molecule has 10 heteroatoms. The number of carbonyl (C=O) groups is 2. The van der Waals surface area contributed by atoms with Gasteiger partial charge in [-0.05, 0) is 57.2 Å². The lowest BCUT2D eigenvalue weighted by molar-refractivity contribution is -0.154. The molecule has 202 valence electrons. The number of benzene rings is 2. The minimum atomic E-state index is -4.12. The molecular weight excluding hydrogens is 504 g/mol. The van der Waals surface area contributed by atoms with Gasteiger partial charge in [0.2, 0.25) is 21.8 Å². The molecule has 0 aliphatic carbocycles. The molecule has 9 nitrogen and oxygen atoms in total. The molecule has 3 aromatic rings. The van der Waals surface area contributed by atoms with Crippen molar-refractivity contribution < 1.29 is 22.7 Å². The number of hydrogen-bond acceptors (Lipinski definition) is 6. The van der Waals surface area contributed by atoms with Crippen molar-refractivity contribution in [1.29, 1.82) is 0 Å². The Hall–Kier alpha value is -3.50. The third kappa shape index (κ3) is 4.98. The van der Waals surface area contributed by atoms with Crippen LogP contribution in [0.5, 0.6) is 5.75 Å². The summed E-state index contributed by atoms with van der Waals surface area (Å²) < 4.78 is 34.7. The zero-order chi connectivity index (χ0) is 27.8. The predicted molar refractivity (Wildman–Crippen MR) is 145 cm³/mol. The molecule has 2 heterocycles. The predicted octanol–water partition coefficient (Wildman–Crippen LogP) is 3.24. The standard InChI is InChI=1S/C28H34N4O5S/c1-18(2)26(33)31-16-28(17-31,27(29)34)32(19(3)4)38(35,36)23-12-10-22(11-13-23)37-15-21-14-20(5)30-25-9-7-6-8-24(21)25/h6-14,18-19H,15-17H2,1-5H3,(H2,29,34). The molecule has 0 bridgehead atoms. The second kappa shape index (κ2) is 10.3. The summed E-state index contributed by atoms with van der Waals surface area (Å²) in [5.41, 5.74) is 6.98. The van der Waals surface area contributed by atoms with Crippen LogP contribution < -0.4 is 10.5 Å². The number of primary amides is 1. The summed E-state index contributed by atoms with van der Waals surface area (Å²) in [7, 11) is -4.12. The molecule has 2 amide bonds. The van der Waals surface area contributed by atoms with E-state index in [4.69, 9.17) is 10.5 Å². The highest BCUT2D eigenvalue weighted by molar-refractivity contribution is 7.89. The first-order chi connectivity index (χ1) is 17.9. The van der Waals surface area contributed by atoms with Crippen LogP contribution in [0.1, 0.15) is 39.0 Å². The van der Waals surface area contributed by atoms with Crippen molar-refractivity contribution in [3.05, 3.63) is 65.9 Å². The fourth-order valence-corrected chi connectivity index (χ4v) is 6.94. The molecule has 0 radical (unpaired) electrons. The highest BCUT2D eigenvalue weighted by Crippen LogP contribution is 2.36. The van der Waals surface area contributed by atoms with Gasteiger partial charge in [0, 0.05) is 28.6 Å². The number of amides is 2. The van der Waals surface area contributed by atoms with Crippen molar-refractivity contribution in [3.63, 3.8) is 0 Å². The number of aryl methyl sites for hydroxylation is 1. The molecule has 0 spiro atoms. The van der Waals surface area contributed by atoms with E-state index >= 15 is 0 Å². The van der Waals surface area contributed by atoms with E-state index in [0.717, 1.165) is 26.5 Å². The topological polar surface area (TPSA) is 123 Å². The highest BCUT2D eigenvalue weighted by atomic mass is 32.2. The van der Waals surface area contributed by atoms with Crippen molar-refractivity contribution in [2.24, 2.45) is 11.7 Å². The van der Waals surface area contributed by atoms with Gasteiger partial charge in [-0.2, -0.15) is 4.31 Å². The number of para-hydroxylation sites is 1. The summed E-state index contributed by atoms with van der Waals surface area (Å²) in [5, 5.41) is 0.993. The van der Waals surface area contributed by atoms with Crippen LogP contribution in [0.2, 0.25) is 0 Å². The third-order valence-corrected chi connectivity index (χ3v) is 8.92. The molecule has 4 rings (SSSR count). The Balaban J connectivity index is 1.56. The molecular formula is C28H34N4O5S. The van der Waals surface area contributed by atoms with Gasteiger partial charge < -0.3 is 15.4 Å². The third-order valence-electron chi connectivity index (χ3n) is 6.76. The van der Waals surface area contributed by atoms with Crippen molar-refractivity contribution in [1.82, 2.24) is 14.2 Å². The maximum Gasteiger partial charge on any atom is 0.244 e. The fraction of sp³-hybridized carbons (Fsp3) is 0.393. The van der Waals surface area contributed by atoms with Crippen LogP contribution in [0.4, 0.5) is 0 Å². The van der Waals surface area contributed by atoms with Crippen molar-refractivity contribution in [2.45, 2.75) is 57.7 Å². The molecule has 2 N–H and O–H groups in total. The smallest absolute Gasteiger partial charge is 0.244 e. The van der Waals surface area contributed by atoms with Crippen LogP contribution in [0, 0.1) is 12.8 Å². The molecule has 38 heavy (non-hydrogen) atoms. The molecule has 1 aliphatic rings. The number of nitrogens with two attached hydrogens (primary N) is 1. The van der Waals surface area contributed by atoms with Gasteiger partial charge in [0.05, 0.1) is 23.5 Å². The number of pyridine rings is 1. The minimum Gasteiger partial charge on any atom is -0.489 e. The lowest BCUT2D eigenvalue weighted by Gasteiger charge is -2.54.